The molecule has 6 heteroatoms. The number of fused-ring (bicyclic) bond motifs is 1. The van der Waals surface area contributed by atoms with Gasteiger partial charge in [0.1, 0.15) is 0 Å². The van der Waals surface area contributed by atoms with Gasteiger partial charge in [-0.2, -0.15) is 0 Å². The van der Waals surface area contributed by atoms with Crippen molar-refractivity contribution in [2.75, 3.05) is 14.2 Å². The summed E-state index contributed by atoms with van der Waals surface area (Å²) in [5, 5.41) is 11.0. The first-order valence-electron chi connectivity index (χ1n) is 4.79. The lowest BCUT2D eigenvalue weighted by atomic mass is 10.1. The Morgan fingerprint density at radius 2 is 1.94 bits per heavy atom. The van der Waals surface area contributed by atoms with Crippen LogP contribution in [0.4, 0.5) is 0 Å². The molecule has 2 N–H and O–H groups in total. The molecule has 0 radical (unpaired) electrons. The van der Waals surface area contributed by atoms with Gasteiger partial charge in [-0.25, -0.2) is 5.48 Å². The third kappa shape index (κ3) is 1.92. The lowest BCUT2D eigenvalue weighted by molar-refractivity contribution is 0.0708. The number of hydroxylamine groups is 1. The van der Waals surface area contributed by atoms with Gasteiger partial charge in [0.25, 0.3) is 5.91 Å². The number of rotatable bonds is 3. The van der Waals surface area contributed by atoms with Crippen molar-refractivity contribution in [1.29, 1.82) is 0 Å². The van der Waals surface area contributed by atoms with Crippen molar-refractivity contribution in [2.24, 2.45) is 0 Å². The number of carbonyl (C=O) groups excluding carboxylic acids is 1. The second kappa shape index (κ2) is 4.60. The zero-order valence-corrected chi connectivity index (χ0v) is 10.1. The van der Waals surface area contributed by atoms with E-state index in [4.69, 9.17) is 14.7 Å². The number of hydrogen-bond acceptors (Lipinski definition) is 5. The molecule has 2 rings (SSSR count). The molecule has 1 heterocycles. The molecule has 17 heavy (non-hydrogen) atoms. The van der Waals surface area contributed by atoms with E-state index in [1.807, 2.05) is 0 Å². The van der Waals surface area contributed by atoms with Gasteiger partial charge in [-0.05, 0) is 6.07 Å². The summed E-state index contributed by atoms with van der Waals surface area (Å²) in [5.41, 5.74) is 2.03. The number of benzene rings is 1. The Morgan fingerprint density at radius 3 is 2.53 bits per heavy atom. The fourth-order valence-electron chi connectivity index (χ4n) is 1.59. The third-order valence-electron chi connectivity index (χ3n) is 2.43. The summed E-state index contributed by atoms with van der Waals surface area (Å²) in [6.45, 7) is 0. The molecule has 1 amide bonds. The van der Waals surface area contributed by atoms with Crippen molar-refractivity contribution in [1.82, 2.24) is 5.48 Å². The summed E-state index contributed by atoms with van der Waals surface area (Å²) in [4.78, 5) is 11.4. The smallest absolute Gasteiger partial charge is 0.276 e. The van der Waals surface area contributed by atoms with Crippen LogP contribution in [-0.4, -0.2) is 25.3 Å². The van der Waals surface area contributed by atoms with Gasteiger partial charge in [0.15, 0.2) is 11.5 Å². The van der Waals surface area contributed by atoms with E-state index < -0.39 is 5.91 Å². The highest BCUT2D eigenvalue weighted by molar-refractivity contribution is 7.17. The molecule has 1 aromatic carbocycles. The Hall–Kier alpha value is -1.79. The Labute approximate surface area is 102 Å². The predicted molar refractivity (Wildman–Crippen MR) is 64.2 cm³/mol. The Kier molecular flexibility index (Phi) is 3.16. The molecule has 0 aliphatic carbocycles. The molecule has 0 saturated carbocycles. The number of nitrogens with one attached hydrogen (secondary N) is 1. The van der Waals surface area contributed by atoms with Crippen LogP contribution in [0.25, 0.3) is 10.1 Å². The standard InChI is InChI=1S/C11H11NO4S/c1-15-8-3-6-7(11(13)12-14)5-17-10(6)4-9(8)16-2/h3-5,14H,1-2H3,(H,12,13). The van der Waals surface area contributed by atoms with E-state index in [0.29, 0.717) is 17.1 Å². The lowest BCUT2D eigenvalue weighted by Crippen LogP contribution is -2.17. The van der Waals surface area contributed by atoms with E-state index in [1.165, 1.54) is 18.4 Å². The first kappa shape index (κ1) is 11.7. The van der Waals surface area contributed by atoms with Crippen LogP contribution in [0.3, 0.4) is 0 Å². The van der Waals surface area contributed by atoms with Gasteiger partial charge >= 0.3 is 0 Å². The third-order valence-corrected chi connectivity index (χ3v) is 3.37. The average Bonchev–Trinajstić information content (AvgIpc) is 2.78. The second-order valence-electron chi connectivity index (χ2n) is 3.29. The molecule has 0 spiro atoms. The van der Waals surface area contributed by atoms with Crippen LogP contribution >= 0.6 is 11.3 Å². The highest BCUT2D eigenvalue weighted by atomic mass is 32.1. The number of amides is 1. The van der Waals surface area contributed by atoms with Crippen molar-refractivity contribution >= 4 is 27.3 Å². The van der Waals surface area contributed by atoms with Crippen molar-refractivity contribution in [2.45, 2.75) is 0 Å². The fraction of sp³-hybridized carbons (Fsp3) is 0.182. The molecule has 0 aliphatic rings. The van der Waals surface area contributed by atoms with Crippen LogP contribution in [0.1, 0.15) is 10.4 Å². The zero-order chi connectivity index (χ0) is 12.4. The summed E-state index contributed by atoms with van der Waals surface area (Å²) >= 11 is 1.40. The maximum absolute atomic E-state index is 11.4. The lowest BCUT2D eigenvalue weighted by Gasteiger charge is -2.07. The van der Waals surface area contributed by atoms with Crippen molar-refractivity contribution in [3.8, 4) is 11.5 Å². The number of ether oxygens (including phenoxy) is 2. The van der Waals surface area contributed by atoms with Gasteiger partial charge in [-0.15, -0.1) is 11.3 Å². The Balaban J connectivity index is 2.65. The quantitative estimate of drug-likeness (QED) is 0.649. The number of hydrogen-bond donors (Lipinski definition) is 2. The second-order valence-corrected chi connectivity index (χ2v) is 4.20. The number of carbonyl (C=O) groups is 1. The van der Waals surface area contributed by atoms with Gasteiger partial charge in [0.05, 0.1) is 19.8 Å². The van der Waals surface area contributed by atoms with E-state index in [2.05, 4.69) is 0 Å². The summed E-state index contributed by atoms with van der Waals surface area (Å²) in [6.07, 6.45) is 0. The van der Waals surface area contributed by atoms with E-state index in [1.54, 1.807) is 30.1 Å². The summed E-state index contributed by atoms with van der Waals surface area (Å²) in [5.74, 6) is 0.617. The molecule has 1 aromatic heterocycles. The van der Waals surface area contributed by atoms with Crippen molar-refractivity contribution < 1.29 is 19.5 Å². The average molecular weight is 253 g/mol. The summed E-state index contributed by atoms with van der Waals surface area (Å²) in [7, 11) is 3.08. The minimum Gasteiger partial charge on any atom is -0.493 e. The molecule has 0 aliphatic heterocycles. The topological polar surface area (TPSA) is 67.8 Å². The van der Waals surface area contributed by atoms with Crippen LogP contribution in [0.15, 0.2) is 17.5 Å². The predicted octanol–water partition coefficient (Wildman–Crippen LogP) is 2.04. The first-order chi connectivity index (χ1) is 8.21. The highest BCUT2D eigenvalue weighted by Crippen LogP contribution is 2.36. The molecule has 0 fully saturated rings. The SMILES string of the molecule is COc1cc2scc(C(=O)NO)c2cc1OC. The molecule has 0 atom stereocenters. The monoisotopic (exact) mass is 253 g/mol. The molecule has 0 unspecified atom stereocenters. The van der Waals surface area contributed by atoms with Crippen LogP contribution in [0.2, 0.25) is 0 Å². The highest BCUT2D eigenvalue weighted by Gasteiger charge is 2.15. The molecule has 5 nitrogen and oxygen atoms in total. The molecular formula is C11H11NO4S. The zero-order valence-electron chi connectivity index (χ0n) is 9.31. The summed E-state index contributed by atoms with van der Waals surface area (Å²) in [6, 6.07) is 3.52. The van der Waals surface area contributed by atoms with E-state index >= 15 is 0 Å². The van der Waals surface area contributed by atoms with Gasteiger partial charge < -0.3 is 9.47 Å². The van der Waals surface area contributed by atoms with Crippen LogP contribution < -0.4 is 15.0 Å². The van der Waals surface area contributed by atoms with E-state index in [-0.39, 0.29) is 0 Å². The van der Waals surface area contributed by atoms with Gasteiger partial charge in [-0.3, -0.25) is 10.0 Å². The van der Waals surface area contributed by atoms with E-state index in [0.717, 1.165) is 10.1 Å². The normalized spacial score (nSPS) is 10.3. The van der Waals surface area contributed by atoms with Crippen molar-refractivity contribution in [3.05, 3.63) is 23.1 Å². The first-order valence-corrected chi connectivity index (χ1v) is 5.67. The van der Waals surface area contributed by atoms with Crippen LogP contribution in [0.5, 0.6) is 11.5 Å². The number of methoxy groups -OCH3 is 2. The molecule has 0 bridgehead atoms. The van der Waals surface area contributed by atoms with Gasteiger partial charge in [0.2, 0.25) is 0 Å². The maximum atomic E-state index is 11.4. The Bertz CT molecular complexity index is 564. The molecular weight excluding hydrogens is 242 g/mol. The fourth-order valence-corrected chi connectivity index (χ4v) is 2.54. The van der Waals surface area contributed by atoms with E-state index in [9.17, 15) is 4.79 Å². The van der Waals surface area contributed by atoms with Crippen LogP contribution in [-0.2, 0) is 0 Å². The van der Waals surface area contributed by atoms with Crippen LogP contribution in [0, 0.1) is 0 Å². The number of thiophene rings is 1. The largest absolute Gasteiger partial charge is 0.493 e. The molecule has 90 valence electrons. The van der Waals surface area contributed by atoms with Crippen molar-refractivity contribution in [3.63, 3.8) is 0 Å². The maximum Gasteiger partial charge on any atom is 0.276 e. The van der Waals surface area contributed by atoms with Gasteiger partial charge in [-0.1, -0.05) is 0 Å². The molecule has 2 aromatic rings. The van der Waals surface area contributed by atoms with Gasteiger partial charge in [0, 0.05) is 21.5 Å². The minimum absolute atomic E-state index is 0.411. The minimum atomic E-state index is -0.538. The summed E-state index contributed by atoms with van der Waals surface area (Å²) < 4.78 is 11.2. The molecule has 0 saturated heterocycles. The Morgan fingerprint density at radius 1 is 1.29 bits per heavy atom.